The highest BCUT2D eigenvalue weighted by Crippen LogP contribution is 2.42. The number of carbonyl (C=O) groups excluding carboxylic acids is 7. The number of esters is 1. The van der Waals surface area contributed by atoms with Crippen molar-refractivity contribution in [3.8, 4) is 23.2 Å². The number of nitrogens with one attached hydrogen (secondary N) is 2. The predicted octanol–water partition coefficient (Wildman–Crippen LogP) is 7.13. The van der Waals surface area contributed by atoms with Crippen LogP contribution >= 0.6 is 11.8 Å². The lowest BCUT2D eigenvalue weighted by Crippen LogP contribution is -2.47. The van der Waals surface area contributed by atoms with Gasteiger partial charge in [-0.15, -0.1) is 0 Å². The molecule has 3 amide bonds. The number of hydrogen-bond donors (Lipinski definition) is 3. The maximum atomic E-state index is 14.4. The Kier molecular flexibility index (Phi) is 25.1. The number of aryl methyl sites for hydroxylation is 1. The first-order valence-corrected chi connectivity index (χ1v) is 33.9. The summed E-state index contributed by atoms with van der Waals surface area (Å²) in [5.41, 5.74) is 8.50. The quantitative estimate of drug-likeness (QED) is 0.0117. The number of para-hydroxylation sites is 1. The summed E-state index contributed by atoms with van der Waals surface area (Å²) in [6.45, 7) is 5.46. The second-order valence-corrected chi connectivity index (χ2v) is 25.6. The molecule has 2 aromatic carbocycles. The molecular formula is C66H78N10O15S2. The average molecular weight is 1320 g/mol. The van der Waals surface area contributed by atoms with Crippen LogP contribution in [0.5, 0.6) is 0 Å². The Morgan fingerprint density at radius 2 is 1.65 bits per heavy atom. The minimum atomic E-state index is -3.54. The number of ether oxygens (including phenoxy) is 5. The van der Waals surface area contributed by atoms with Gasteiger partial charge in [0.1, 0.15) is 32.2 Å². The van der Waals surface area contributed by atoms with Gasteiger partial charge in [0.2, 0.25) is 21.5 Å². The van der Waals surface area contributed by atoms with Crippen LogP contribution in [0.3, 0.4) is 0 Å². The number of nitrogens with zero attached hydrogens (tertiary/aromatic N) is 7. The minimum absolute atomic E-state index is 0.116. The number of urea groups is 1. The molecule has 0 saturated carbocycles. The number of benzene rings is 2. The molecule has 2 aliphatic rings. The van der Waals surface area contributed by atoms with Crippen LogP contribution in [0.4, 0.5) is 15.3 Å². The van der Waals surface area contributed by atoms with E-state index in [1.165, 1.54) is 26.9 Å². The summed E-state index contributed by atoms with van der Waals surface area (Å²) < 4.78 is 58.3. The van der Waals surface area contributed by atoms with E-state index in [1.807, 2.05) is 36.7 Å². The van der Waals surface area contributed by atoms with E-state index in [2.05, 4.69) is 37.5 Å². The summed E-state index contributed by atoms with van der Waals surface area (Å²) in [7, 11) is -3.54. The molecule has 0 spiro atoms. The fourth-order valence-corrected chi connectivity index (χ4v) is 12.6. The number of ketones is 3. The molecule has 27 heteroatoms. The third-order valence-electron chi connectivity index (χ3n) is 15.9. The molecule has 0 fully saturated rings. The number of rotatable bonds is 35. The first kappa shape index (κ1) is 70.2. The van der Waals surface area contributed by atoms with Gasteiger partial charge in [-0.25, -0.2) is 37.8 Å². The van der Waals surface area contributed by atoms with Crippen LogP contribution in [-0.4, -0.2) is 142 Å². The summed E-state index contributed by atoms with van der Waals surface area (Å²) in [5, 5.41) is 11.1. The summed E-state index contributed by atoms with van der Waals surface area (Å²) in [5.74, 6) is 3.38. The highest BCUT2D eigenvalue weighted by atomic mass is 32.2. The molecule has 2 atom stereocenters. The Hall–Kier alpha value is -8.68. The molecule has 93 heavy (non-hydrogen) atoms. The Morgan fingerprint density at radius 3 is 2.38 bits per heavy atom. The van der Waals surface area contributed by atoms with E-state index < -0.39 is 63.6 Å². The third kappa shape index (κ3) is 19.2. The number of amides is 3. The van der Waals surface area contributed by atoms with Crippen molar-refractivity contribution in [3.63, 3.8) is 0 Å². The molecule has 6 heterocycles. The zero-order valence-corrected chi connectivity index (χ0v) is 54.5. The second kappa shape index (κ2) is 33.2. The number of fused-ring (bicyclic) bond motifs is 5. The van der Waals surface area contributed by atoms with Crippen molar-refractivity contribution in [2.45, 2.75) is 141 Å². The molecule has 0 bridgehead atoms. The fourth-order valence-electron chi connectivity index (χ4n) is 11.1. The summed E-state index contributed by atoms with van der Waals surface area (Å²) >= 11 is 1.46. The minimum Gasteiger partial charge on any atom is -0.457 e. The van der Waals surface area contributed by atoms with E-state index in [4.69, 9.17) is 34.4 Å². The van der Waals surface area contributed by atoms with E-state index in [-0.39, 0.29) is 93.9 Å². The number of carbonyl (C=O) groups is 7. The Bertz CT molecular complexity index is 3940. The number of sulfonamides is 1. The van der Waals surface area contributed by atoms with Gasteiger partial charge in [0.15, 0.2) is 16.7 Å². The first-order valence-electron chi connectivity index (χ1n) is 30.8. The largest absolute Gasteiger partial charge is 0.510 e. The average Bonchev–Trinajstić information content (AvgIpc) is 1.67. The van der Waals surface area contributed by atoms with E-state index in [1.54, 1.807) is 74.4 Å². The molecular weight excluding hydrogens is 1240 g/mol. The zero-order valence-electron chi connectivity index (χ0n) is 52.9. The smallest absolute Gasteiger partial charge is 0.457 e. The third-order valence-corrected chi connectivity index (χ3v) is 17.9. The molecule has 6 aromatic rings. The van der Waals surface area contributed by atoms with Gasteiger partial charge in [0.25, 0.3) is 5.56 Å². The van der Waals surface area contributed by atoms with Gasteiger partial charge in [0.05, 0.1) is 60.2 Å². The van der Waals surface area contributed by atoms with Crippen LogP contribution in [0.25, 0.3) is 22.3 Å². The monoisotopic (exact) mass is 1310 g/mol. The summed E-state index contributed by atoms with van der Waals surface area (Å²) in [6, 6.07) is 14.3. The van der Waals surface area contributed by atoms with Crippen molar-refractivity contribution in [2.24, 2.45) is 11.7 Å². The first-order chi connectivity index (χ1) is 44.7. The van der Waals surface area contributed by atoms with Gasteiger partial charge in [-0.1, -0.05) is 60.9 Å². The number of nitrogens with two attached hydrogens (primary N) is 1. The van der Waals surface area contributed by atoms with E-state index in [9.17, 15) is 46.8 Å². The van der Waals surface area contributed by atoms with Crippen molar-refractivity contribution in [3.05, 3.63) is 129 Å². The van der Waals surface area contributed by atoms with Gasteiger partial charge < -0.3 is 44.6 Å². The lowest BCUT2D eigenvalue weighted by atomic mass is 9.85. The van der Waals surface area contributed by atoms with Gasteiger partial charge >= 0.3 is 18.2 Å². The number of anilines is 1. The highest BCUT2D eigenvalue weighted by molar-refractivity contribution is 7.98. The molecule has 0 radical (unpaired) electrons. The molecule has 2 aliphatic heterocycles. The molecule has 0 aliphatic carbocycles. The maximum absolute atomic E-state index is 14.4. The summed E-state index contributed by atoms with van der Waals surface area (Å²) in [6.07, 6.45) is 12.7. The number of thioether (sulfide) groups is 1. The van der Waals surface area contributed by atoms with Crippen LogP contribution in [-0.2, 0) is 102 Å². The number of aromatic nitrogens is 6. The normalized spacial score (nSPS) is 14.3. The lowest BCUT2D eigenvalue weighted by Gasteiger charge is -2.35. The Labute approximate surface area is 543 Å². The van der Waals surface area contributed by atoms with Gasteiger partial charge in [-0.05, 0) is 106 Å². The summed E-state index contributed by atoms with van der Waals surface area (Å²) in [4.78, 5) is 118. The molecule has 4 aromatic heterocycles. The maximum Gasteiger partial charge on any atom is 0.510 e. The highest BCUT2D eigenvalue weighted by Gasteiger charge is 2.51. The van der Waals surface area contributed by atoms with Crippen molar-refractivity contribution in [1.29, 1.82) is 0 Å². The Balaban J connectivity index is 0.767. The van der Waals surface area contributed by atoms with E-state index in [0.717, 1.165) is 27.6 Å². The Morgan fingerprint density at radius 1 is 0.892 bits per heavy atom. The van der Waals surface area contributed by atoms with Gasteiger partial charge in [-0.2, -0.15) is 9.40 Å². The standard InChI is InChI=1S/C66H78N10O15S2/c1-6-66(56-33-58-59-54(38-75(58)61(81)55(56)42-89-62(66)82)52(53-18-10-11-19-57(53)73-59)26-28-76(43(2)3)93(5,85)86)91-65(84)90-39-44-20-23-48(24-21-44)72-60(80)47(15-12-27-68-63(67)83)32-51(79)41-88-40-50(78)17-13-30-87-31-29-74-37-46(36-71-74)22-25-49(77)16-9-7-8-14-45-34-69-64(92-4)70-35-45/h10-11,18-21,23-24,33-37,43,47H,6-7,9,12-13,15-17,22,25-32,38-42H2,1-5H3,(H,72,80)(H3,67,68,83)/t47-,66+/m1/s1. The lowest BCUT2D eigenvalue weighted by molar-refractivity contribution is -0.175. The SMILES string of the molecule is CC[C@@]1(OC(=O)OCc2ccc(NC(=O)[C@H](CCCNC(N)=O)CC(=O)COCC(=O)CCCOCCn3cc(CCC(=O)CCCC#Cc4cnc(SC)nc4)cn3)cc2)C(=O)OCc2c1cc1n(c2=O)Cc2c-1nc1ccccc1c2CCN(C(C)C)S(C)(=O)=O. The molecule has 494 valence electrons. The molecule has 25 nitrogen and oxygen atoms in total. The van der Waals surface area contributed by atoms with E-state index >= 15 is 0 Å². The molecule has 0 saturated heterocycles. The molecule has 4 N–H and O–H groups in total. The van der Waals surface area contributed by atoms with Crippen molar-refractivity contribution >= 4 is 79.8 Å². The predicted molar refractivity (Wildman–Crippen MR) is 345 cm³/mol. The number of hydrogen-bond acceptors (Lipinski definition) is 20. The topological polar surface area (TPSA) is 332 Å². The van der Waals surface area contributed by atoms with Crippen LogP contribution in [0.1, 0.15) is 124 Å². The van der Waals surface area contributed by atoms with Crippen molar-refractivity contribution in [1.82, 2.24) is 38.9 Å². The number of unbranched alkanes of at least 4 members (excludes halogenated alkanes) is 1. The number of pyridine rings is 2. The van der Waals surface area contributed by atoms with Gasteiger partial charge in [-0.3, -0.25) is 28.7 Å². The fraction of sp³-hybridized carbons (Fsp3) is 0.455. The number of Topliss-reactive ketones (excluding diaryl/α,β-unsaturated/α-hetero) is 3. The zero-order chi connectivity index (χ0) is 66.7. The van der Waals surface area contributed by atoms with Crippen LogP contribution < -0.4 is 21.9 Å². The van der Waals surface area contributed by atoms with Crippen LogP contribution in [0.2, 0.25) is 0 Å². The van der Waals surface area contributed by atoms with Crippen LogP contribution in [0.15, 0.2) is 89.3 Å². The molecule has 8 rings (SSSR count). The van der Waals surface area contributed by atoms with E-state index in [0.29, 0.717) is 104 Å². The number of primary amides is 1. The molecule has 0 unspecified atom stereocenters. The number of cyclic esters (lactones) is 1. The van der Waals surface area contributed by atoms with Gasteiger partial charge in [0, 0.05) is 105 Å². The van der Waals surface area contributed by atoms with Crippen molar-refractivity contribution in [2.75, 3.05) is 57.3 Å². The van der Waals surface area contributed by atoms with Crippen molar-refractivity contribution < 1.29 is 65.7 Å². The second-order valence-electron chi connectivity index (χ2n) is 22.9. The van der Waals surface area contributed by atoms with Crippen LogP contribution in [0, 0.1) is 17.8 Å².